The number of aromatic nitrogens is 2. The molecule has 7 nitrogen and oxygen atoms in total. The molecule has 1 saturated heterocycles. The zero-order valence-electron chi connectivity index (χ0n) is 16.5. The Kier molecular flexibility index (Phi) is 6.05. The van der Waals surface area contributed by atoms with Crippen LogP contribution in [0.15, 0.2) is 47.1 Å². The zero-order chi connectivity index (χ0) is 20.1. The fourth-order valence-corrected chi connectivity index (χ4v) is 3.49. The molecule has 1 fully saturated rings. The van der Waals surface area contributed by atoms with Crippen molar-refractivity contribution in [1.29, 1.82) is 0 Å². The van der Waals surface area contributed by atoms with Crippen LogP contribution in [0.25, 0.3) is 10.9 Å². The second-order valence-electron chi connectivity index (χ2n) is 7.40. The minimum absolute atomic E-state index is 0.135. The van der Waals surface area contributed by atoms with E-state index < -0.39 is 0 Å². The number of carbonyl (C=O) groups excluding carboxylic acids is 1. The lowest BCUT2D eigenvalue weighted by Gasteiger charge is -2.24. The average molecular weight is 395 g/mol. The van der Waals surface area contributed by atoms with Crippen LogP contribution < -0.4 is 4.74 Å². The summed E-state index contributed by atoms with van der Waals surface area (Å²) in [5, 5.41) is 4.92. The molecule has 0 saturated carbocycles. The first-order valence-electron chi connectivity index (χ1n) is 9.95. The molecule has 4 rings (SSSR count). The third-order valence-corrected chi connectivity index (χ3v) is 5.29. The van der Waals surface area contributed by atoms with E-state index in [-0.39, 0.29) is 12.5 Å². The number of amides is 1. The van der Waals surface area contributed by atoms with E-state index >= 15 is 0 Å². The maximum atomic E-state index is 12.6. The SMILES string of the molecule is CN(CCC1CCOCC1)C(=O)c1cc(COc2ccc3ncccc3c2)on1. The van der Waals surface area contributed by atoms with Gasteiger partial charge in [-0.2, -0.15) is 0 Å². The predicted octanol–water partition coefficient (Wildman–Crippen LogP) is 3.69. The molecule has 0 bridgehead atoms. The third-order valence-electron chi connectivity index (χ3n) is 5.29. The van der Waals surface area contributed by atoms with E-state index in [1.165, 1.54) is 0 Å². The lowest BCUT2D eigenvalue weighted by atomic mass is 9.96. The van der Waals surface area contributed by atoms with Crippen LogP contribution in [0.4, 0.5) is 0 Å². The molecule has 1 aromatic carbocycles. The molecule has 3 heterocycles. The van der Waals surface area contributed by atoms with Gasteiger partial charge < -0.3 is 18.9 Å². The summed E-state index contributed by atoms with van der Waals surface area (Å²) in [4.78, 5) is 18.6. The molecule has 7 heteroatoms. The molecule has 2 aromatic heterocycles. The maximum Gasteiger partial charge on any atom is 0.275 e. The molecule has 0 aliphatic carbocycles. The van der Waals surface area contributed by atoms with Crippen molar-refractivity contribution in [2.75, 3.05) is 26.8 Å². The van der Waals surface area contributed by atoms with E-state index in [9.17, 15) is 4.79 Å². The van der Waals surface area contributed by atoms with Gasteiger partial charge in [0.25, 0.3) is 5.91 Å². The first kappa shape index (κ1) is 19.4. The fourth-order valence-electron chi connectivity index (χ4n) is 3.49. The van der Waals surface area contributed by atoms with Crippen LogP contribution in [0, 0.1) is 5.92 Å². The van der Waals surface area contributed by atoms with Crippen molar-refractivity contribution in [1.82, 2.24) is 15.0 Å². The minimum Gasteiger partial charge on any atom is -0.486 e. The maximum absolute atomic E-state index is 12.6. The molecule has 29 heavy (non-hydrogen) atoms. The summed E-state index contributed by atoms with van der Waals surface area (Å²) in [6.45, 7) is 2.55. The standard InChI is InChI=1S/C22H25N3O4/c1-25(10-6-16-7-11-27-12-8-16)22(26)21-14-19(29-24-21)15-28-18-4-5-20-17(13-18)3-2-9-23-20/h2-5,9,13-14,16H,6-8,10-12,15H2,1H3. The van der Waals surface area contributed by atoms with Crippen molar-refractivity contribution < 1.29 is 18.8 Å². The highest BCUT2D eigenvalue weighted by Gasteiger charge is 2.20. The average Bonchev–Trinajstić information content (AvgIpc) is 3.25. The van der Waals surface area contributed by atoms with Crippen LogP contribution in [0.1, 0.15) is 35.5 Å². The Morgan fingerprint density at radius 2 is 2.10 bits per heavy atom. The highest BCUT2D eigenvalue weighted by molar-refractivity contribution is 5.92. The van der Waals surface area contributed by atoms with Crippen molar-refractivity contribution >= 4 is 16.8 Å². The Balaban J connectivity index is 1.30. The number of carbonyl (C=O) groups is 1. The van der Waals surface area contributed by atoms with Crippen molar-refractivity contribution in [3.05, 3.63) is 54.0 Å². The quantitative estimate of drug-likeness (QED) is 0.607. The van der Waals surface area contributed by atoms with Crippen LogP contribution >= 0.6 is 0 Å². The summed E-state index contributed by atoms with van der Waals surface area (Å²) >= 11 is 0. The van der Waals surface area contributed by atoms with Gasteiger partial charge in [-0.05, 0) is 49.4 Å². The van der Waals surface area contributed by atoms with E-state index in [2.05, 4.69) is 10.1 Å². The highest BCUT2D eigenvalue weighted by atomic mass is 16.5. The third kappa shape index (κ3) is 4.92. The summed E-state index contributed by atoms with van der Waals surface area (Å²) in [6, 6.07) is 11.2. The van der Waals surface area contributed by atoms with E-state index in [0.29, 0.717) is 29.7 Å². The van der Waals surface area contributed by atoms with E-state index in [0.717, 1.165) is 43.4 Å². The van der Waals surface area contributed by atoms with Crippen molar-refractivity contribution in [3.8, 4) is 5.75 Å². The van der Waals surface area contributed by atoms with Gasteiger partial charge in [-0.25, -0.2) is 0 Å². The predicted molar refractivity (Wildman–Crippen MR) is 108 cm³/mol. The first-order chi connectivity index (χ1) is 14.2. The van der Waals surface area contributed by atoms with Crippen LogP contribution in [-0.4, -0.2) is 47.8 Å². The van der Waals surface area contributed by atoms with E-state index in [1.807, 2.05) is 30.3 Å². The molecule has 0 atom stereocenters. The number of nitrogens with zero attached hydrogens (tertiary/aromatic N) is 3. The number of ether oxygens (including phenoxy) is 2. The van der Waals surface area contributed by atoms with Gasteiger partial charge in [0.1, 0.15) is 12.4 Å². The van der Waals surface area contributed by atoms with Gasteiger partial charge in [-0.1, -0.05) is 11.2 Å². The first-order valence-corrected chi connectivity index (χ1v) is 9.95. The topological polar surface area (TPSA) is 77.7 Å². The summed E-state index contributed by atoms with van der Waals surface area (Å²) < 4.78 is 16.5. The van der Waals surface area contributed by atoms with Crippen molar-refractivity contribution in [2.45, 2.75) is 25.9 Å². The summed E-state index contributed by atoms with van der Waals surface area (Å²) in [5.41, 5.74) is 1.22. The molecule has 152 valence electrons. The molecule has 0 unspecified atom stereocenters. The van der Waals surface area contributed by atoms with Gasteiger partial charge in [0.05, 0.1) is 5.52 Å². The smallest absolute Gasteiger partial charge is 0.275 e. The molecule has 3 aromatic rings. The molecule has 0 radical (unpaired) electrons. The van der Waals surface area contributed by atoms with Crippen molar-refractivity contribution in [3.63, 3.8) is 0 Å². The molecular weight excluding hydrogens is 370 g/mol. The van der Waals surface area contributed by atoms with Gasteiger partial charge in [-0.3, -0.25) is 9.78 Å². The van der Waals surface area contributed by atoms with Crippen LogP contribution in [-0.2, 0) is 11.3 Å². The number of pyridine rings is 1. The van der Waals surface area contributed by atoms with Gasteiger partial charge >= 0.3 is 0 Å². The van der Waals surface area contributed by atoms with E-state index in [1.54, 1.807) is 24.2 Å². The largest absolute Gasteiger partial charge is 0.486 e. The summed E-state index contributed by atoms with van der Waals surface area (Å²) in [6.07, 6.45) is 4.88. The number of hydrogen-bond acceptors (Lipinski definition) is 6. The Morgan fingerprint density at radius 3 is 2.97 bits per heavy atom. The number of benzene rings is 1. The normalized spacial score (nSPS) is 14.8. The monoisotopic (exact) mass is 395 g/mol. The molecule has 1 amide bonds. The summed E-state index contributed by atoms with van der Waals surface area (Å²) in [7, 11) is 1.80. The molecule has 0 spiro atoms. The van der Waals surface area contributed by atoms with Gasteiger partial charge in [0.15, 0.2) is 11.5 Å². The molecule has 0 N–H and O–H groups in total. The Hall–Kier alpha value is -2.93. The number of rotatable bonds is 7. The van der Waals surface area contributed by atoms with E-state index in [4.69, 9.17) is 14.0 Å². The molecule has 1 aliphatic heterocycles. The molecular formula is C22H25N3O4. The lowest BCUT2D eigenvalue weighted by Crippen LogP contribution is -2.30. The number of hydrogen-bond donors (Lipinski definition) is 0. The fraction of sp³-hybridized carbons (Fsp3) is 0.409. The van der Waals surface area contributed by atoms with Crippen molar-refractivity contribution in [2.24, 2.45) is 5.92 Å². The zero-order valence-corrected chi connectivity index (χ0v) is 16.5. The Labute approximate surface area is 169 Å². The Bertz CT molecular complexity index is 965. The second kappa shape index (κ2) is 9.05. The van der Waals surface area contributed by atoms with Gasteiger partial charge in [0.2, 0.25) is 0 Å². The number of fused-ring (bicyclic) bond motifs is 1. The van der Waals surface area contributed by atoms with Crippen LogP contribution in [0.5, 0.6) is 5.75 Å². The van der Waals surface area contributed by atoms with Crippen LogP contribution in [0.3, 0.4) is 0 Å². The molecule has 1 aliphatic rings. The Morgan fingerprint density at radius 1 is 1.24 bits per heavy atom. The second-order valence-corrected chi connectivity index (χ2v) is 7.40. The van der Waals surface area contributed by atoms with Crippen LogP contribution in [0.2, 0.25) is 0 Å². The van der Waals surface area contributed by atoms with Gasteiger partial charge in [-0.15, -0.1) is 0 Å². The highest BCUT2D eigenvalue weighted by Crippen LogP contribution is 2.21. The minimum atomic E-state index is -0.135. The summed E-state index contributed by atoms with van der Waals surface area (Å²) in [5.74, 6) is 1.71. The lowest BCUT2D eigenvalue weighted by molar-refractivity contribution is 0.0581. The van der Waals surface area contributed by atoms with Gasteiger partial charge in [0, 0.05) is 44.5 Å².